The van der Waals surface area contributed by atoms with Gasteiger partial charge in [0, 0.05) is 0 Å². The number of hydrogen-bond acceptors (Lipinski definition) is 0. The van der Waals surface area contributed by atoms with Crippen LogP contribution in [0.1, 0.15) is 52.0 Å². The van der Waals surface area contributed by atoms with Crippen molar-refractivity contribution in [2.45, 2.75) is 46.5 Å². The summed E-state index contributed by atoms with van der Waals surface area (Å²) in [5.41, 5.74) is 1.48. The molecule has 0 heterocycles. The van der Waals surface area contributed by atoms with Gasteiger partial charge in [0.15, 0.2) is 0 Å². The molecule has 1 aromatic carbocycles. The van der Waals surface area contributed by atoms with Crippen molar-refractivity contribution in [1.82, 2.24) is 0 Å². The average molecular weight is 204 g/mol. The van der Waals surface area contributed by atoms with E-state index in [0.29, 0.717) is 5.92 Å². The molecule has 15 heavy (non-hydrogen) atoms. The van der Waals surface area contributed by atoms with E-state index in [9.17, 15) is 0 Å². The second-order valence-corrected chi connectivity index (χ2v) is 4.96. The fourth-order valence-electron chi connectivity index (χ4n) is 2.28. The minimum absolute atomic E-state index is 0.693. The molecule has 0 saturated carbocycles. The Morgan fingerprint density at radius 1 is 1.00 bits per heavy atom. The Morgan fingerprint density at radius 3 is 2.07 bits per heavy atom. The highest BCUT2D eigenvalue weighted by molar-refractivity contribution is 5.18. The average Bonchev–Trinajstić information content (AvgIpc) is 2.26. The Bertz CT molecular complexity index is 261. The molecule has 0 aliphatic rings. The van der Waals surface area contributed by atoms with Crippen molar-refractivity contribution in [2.24, 2.45) is 11.8 Å². The minimum atomic E-state index is 0.693. The Labute approximate surface area is 94.7 Å². The van der Waals surface area contributed by atoms with E-state index in [1.165, 1.54) is 18.4 Å². The van der Waals surface area contributed by atoms with Crippen LogP contribution in [-0.4, -0.2) is 0 Å². The van der Waals surface area contributed by atoms with Crippen molar-refractivity contribution in [3.05, 3.63) is 35.9 Å². The summed E-state index contributed by atoms with van der Waals surface area (Å²) in [5.74, 6) is 2.36. The molecule has 0 aliphatic heterocycles. The molecule has 0 saturated heterocycles. The second kappa shape index (κ2) is 5.95. The lowest BCUT2D eigenvalue weighted by atomic mass is 9.83. The van der Waals surface area contributed by atoms with Gasteiger partial charge in [-0.1, -0.05) is 64.4 Å². The fraction of sp³-hybridized carbons (Fsp3) is 0.600. The molecule has 0 amide bonds. The Balaban J connectivity index is 2.58. The Hall–Kier alpha value is -0.780. The van der Waals surface area contributed by atoms with E-state index in [1.807, 2.05) is 0 Å². The van der Waals surface area contributed by atoms with Crippen molar-refractivity contribution in [2.75, 3.05) is 0 Å². The lowest BCUT2D eigenvalue weighted by Crippen LogP contribution is -2.11. The molecule has 0 heteroatoms. The Morgan fingerprint density at radius 2 is 1.60 bits per heavy atom. The molecular weight excluding hydrogens is 180 g/mol. The van der Waals surface area contributed by atoms with Crippen molar-refractivity contribution < 1.29 is 0 Å². The molecule has 1 rings (SSSR count). The van der Waals surface area contributed by atoms with Crippen LogP contribution in [0, 0.1) is 11.8 Å². The minimum Gasteiger partial charge on any atom is -0.0651 e. The summed E-state index contributed by atoms with van der Waals surface area (Å²) < 4.78 is 0. The first-order valence-electron chi connectivity index (χ1n) is 6.20. The molecule has 0 aliphatic carbocycles. The van der Waals surface area contributed by atoms with Crippen LogP contribution >= 0.6 is 0 Å². The van der Waals surface area contributed by atoms with Crippen LogP contribution in [0.5, 0.6) is 0 Å². The summed E-state index contributed by atoms with van der Waals surface area (Å²) in [6.45, 7) is 9.33. The van der Waals surface area contributed by atoms with E-state index in [4.69, 9.17) is 0 Å². The highest BCUT2D eigenvalue weighted by Crippen LogP contribution is 2.29. The normalized spacial score (nSPS) is 15.3. The summed E-state index contributed by atoms with van der Waals surface area (Å²) in [4.78, 5) is 0. The van der Waals surface area contributed by atoms with Crippen LogP contribution < -0.4 is 0 Å². The van der Waals surface area contributed by atoms with Gasteiger partial charge in [0.2, 0.25) is 0 Å². The van der Waals surface area contributed by atoms with Crippen LogP contribution in [0.2, 0.25) is 0 Å². The maximum atomic E-state index is 2.35. The zero-order valence-corrected chi connectivity index (χ0v) is 10.5. The number of rotatable bonds is 5. The van der Waals surface area contributed by atoms with Crippen molar-refractivity contribution in [3.8, 4) is 0 Å². The maximum absolute atomic E-state index is 2.35. The smallest absolute Gasteiger partial charge is 0.0188 e. The third kappa shape index (κ3) is 3.70. The van der Waals surface area contributed by atoms with E-state index in [2.05, 4.69) is 58.0 Å². The molecule has 84 valence electrons. The first kappa shape index (κ1) is 12.3. The van der Waals surface area contributed by atoms with Gasteiger partial charge in [-0.15, -0.1) is 0 Å². The third-order valence-electron chi connectivity index (χ3n) is 3.49. The largest absolute Gasteiger partial charge is 0.0651 e. The summed E-state index contributed by atoms with van der Waals surface area (Å²) in [6.07, 6.45) is 2.62. The van der Waals surface area contributed by atoms with Crippen LogP contribution in [-0.2, 0) is 0 Å². The summed E-state index contributed by atoms with van der Waals surface area (Å²) in [7, 11) is 0. The molecular formula is C15H24. The topological polar surface area (TPSA) is 0 Å². The molecule has 1 aromatic rings. The summed E-state index contributed by atoms with van der Waals surface area (Å²) in [5, 5.41) is 0. The van der Waals surface area contributed by atoms with Crippen LogP contribution in [0.4, 0.5) is 0 Å². The molecule has 2 unspecified atom stereocenters. The molecule has 0 aromatic heterocycles. The zero-order valence-electron chi connectivity index (χ0n) is 10.5. The SMILES string of the molecule is CCC(CC(C)c1ccccc1)C(C)C. The van der Waals surface area contributed by atoms with E-state index in [-0.39, 0.29) is 0 Å². The third-order valence-corrected chi connectivity index (χ3v) is 3.49. The van der Waals surface area contributed by atoms with Crippen molar-refractivity contribution in [3.63, 3.8) is 0 Å². The van der Waals surface area contributed by atoms with Gasteiger partial charge in [0.1, 0.15) is 0 Å². The quantitative estimate of drug-likeness (QED) is 0.642. The lowest BCUT2D eigenvalue weighted by Gasteiger charge is -2.23. The van der Waals surface area contributed by atoms with E-state index in [1.54, 1.807) is 0 Å². The second-order valence-electron chi connectivity index (χ2n) is 4.96. The number of hydrogen-bond donors (Lipinski definition) is 0. The standard InChI is InChI=1S/C15H24/c1-5-14(12(2)3)11-13(4)15-9-7-6-8-10-15/h6-10,12-14H,5,11H2,1-4H3. The molecule has 0 bridgehead atoms. The number of benzene rings is 1. The van der Waals surface area contributed by atoms with Gasteiger partial charge in [0.05, 0.1) is 0 Å². The van der Waals surface area contributed by atoms with Gasteiger partial charge in [-0.05, 0) is 29.7 Å². The summed E-state index contributed by atoms with van der Waals surface area (Å²) >= 11 is 0. The summed E-state index contributed by atoms with van der Waals surface area (Å²) in [6, 6.07) is 10.9. The first-order valence-corrected chi connectivity index (χ1v) is 6.20. The predicted octanol–water partition coefficient (Wildman–Crippen LogP) is 4.86. The predicted molar refractivity (Wildman–Crippen MR) is 68.1 cm³/mol. The Kier molecular flexibility index (Phi) is 4.87. The van der Waals surface area contributed by atoms with Crippen molar-refractivity contribution >= 4 is 0 Å². The molecule has 2 atom stereocenters. The molecule has 0 nitrogen and oxygen atoms in total. The maximum Gasteiger partial charge on any atom is -0.0188 e. The van der Waals surface area contributed by atoms with Crippen LogP contribution in [0.25, 0.3) is 0 Å². The van der Waals surface area contributed by atoms with E-state index >= 15 is 0 Å². The lowest BCUT2D eigenvalue weighted by molar-refractivity contribution is 0.329. The first-order chi connectivity index (χ1) is 7.15. The van der Waals surface area contributed by atoms with Crippen molar-refractivity contribution in [1.29, 1.82) is 0 Å². The molecule has 0 N–H and O–H groups in total. The van der Waals surface area contributed by atoms with E-state index in [0.717, 1.165) is 11.8 Å². The molecule has 0 fully saturated rings. The molecule has 0 spiro atoms. The van der Waals surface area contributed by atoms with Crippen LogP contribution in [0.3, 0.4) is 0 Å². The molecule has 0 radical (unpaired) electrons. The van der Waals surface area contributed by atoms with Gasteiger partial charge in [-0.2, -0.15) is 0 Å². The zero-order chi connectivity index (χ0) is 11.3. The van der Waals surface area contributed by atoms with Gasteiger partial charge in [-0.3, -0.25) is 0 Å². The van der Waals surface area contributed by atoms with E-state index < -0.39 is 0 Å². The van der Waals surface area contributed by atoms with Gasteiger partial charge in [0.25, 0.3) is 0 Å². The van der Waals surface area contributed by atoms with Gasteiger partial charge < -0.3 is 0 Å². The highest BCUT2D eigenvalue weighted by atomic mass is 14.2. The van der Waals surface area contributed by atoms with Crippen LogP contribution in [0.15, 0.2) is 30.3 Å². The highest BCUT2D eigenvalue weighted by Gasteiger charge is 2.15. The fourth-order valence-corrected chi connectivity index (χ4v) is 2.28. The van der Waals surface area contributed by atoms with Gasteiger partial charge >= 0.3 is 0 Å². The monoisotopic (exact) mass is 204 g/mol. The van der Waals surface area contributed by atoms with Gasteiger partial charge in [-0.25, -0.2) is 0 Å².